The molecule has 0 saturated carbocycles. The fourth-order valence-corrected chi connectivity index (χ4v) is 3.95. The van der Waals surface area contributed by atoms with Crippen molar-refractivity contribution in [3.63, 3.8) is 0 Å². The Hall–Kier alpha value is -4.77. The Morgan fingerprint density at radius 1 is 0.556 bits per heavy atom. The molecule has 0 heterocycles. The molecule has 18 heteroatoms. The lowest BCUT2D eigenvalue weighted by molar-refractivity contribution is -0.147. The van der Waals surface area contributed by atoms with E-state index in [1.54, 1.807) is 13.8 Å². The molecule has 0 spiro atoms. The largest absolute Gasteiger partial charge is 0.481 e. The molecule has 0 bridgehead atoms. The number of hydrogen-bond acceptors (Lipinski definition) is 9. The minimum atomic E-state index is -1.83. The van der Waals surface area contributed by atoms with Gasteiger partial charge < -0.3 is 47.0 Å². The van der Waals surface area contributed by atoms with Gasteiger partial charge in [-0.1, -0.05) is 34.1 Å². The maximum absolute atomic E-state index is 13.3. The van der Waals surface area contributed by atoms with E-state index in [0.29, 0.717) is 6.42 Å². The normalized spacial score (nSPS) is 14.8. The fourth-order valence-electron chi connectivity index (χ4n) is 3.95. The number of hydrogen-bond donors (Lipinski definition) is 9. The van der Waals surface area contributed by atoms with E-state index in [4.69, 9.17) is 10.2 Å². The van der Waals surface area contributed by atoms with Crippen LogP contribution in [0.25, 0.3) is 0 Å². The van der Waals surface area contributed by atoms with Crippen LogP contribution in [0.3, 0.4) is 0 Å². The molecule has 254 valence electrons. The van der Waals surface area contributed by atoms with Gasteiger partial charge in [-0.3, -0.25) is 38.4 Å². The third-order valence-corrected chi connectivity index (χ3v) is 6.65. The van der Waals surface area contributed by atoms with Gasteiger partial charge in [-0.05, 0) is 24.7 Å². The van der Waals surface area contributed by atoms with Crippen LogP contribution in [0.15, 0.2) is 0 Å². The second-order valence-electron chi connectivity index (χ2n) is 10.8. The summed E-state index contributed by atoms with van der Waals surface area (Å²) in [6.45, 7) is 7.55. The molecular formula is C27H43N5O13. The summed E-state index contributed by atoms with van der Waals surface area (Å²) in [4.78, 5) is 109. The first-order valence-corrected chi connectivity index (χ1v) is 14.2. The van der Waals surface area contributed by atoms with Crippen molar-refractivity contribution in [2.24, 2.45) is 11.8 Å². The molecule has 18 nitrogen and oxygen atoms in total. The molecule has 5 amide bonds. The van der Waals surface area contributed by atoms with Crippen molar-refractivity contribution in [3.05, 3.63) is 0 Å². The van der Waals surface area contributed by atoms with E-state index in [1.807, 2.05) is 5.32 Å². The molecule has 0 radical (unpaired) electrons. The minimum Gasteiger partial charge on any atom is -0.481 e. The number of carbonyl (C=O) groups is 9. The Labute approximate surface area is 259 Å². The smallest absolute Gasteiger partial charge is 0.326 e. The molecule has 0 aliphatic heterocycles. The second kappa shape index (κ2) is 19.5. The highest BCUT2D eigenvalue weighted by atomic mass is 16.4. The van der Waals surface area contributed by atoms with Gasteiger partial charge in [-0.15, -0.1) is 0 Å². The summed E-state index contributed by atoms with van der Waals surface area (Å²) in [5.74, 6) is -11.4. The Balaban J connectivity index is 6.15. The molecule has 0 aromatic carbocycles. The number of aliphatic carboxylic acids is 4. The summed E-state index contributed by atoms with van der Waals surface area (Å²) in [6, 6.07) is -7.52. The number of carbonyl (C=O) groups excluding carboxylic acids is 5. The lowest BCUT2D eigenvalue weighted by atomic mass is 9.97. The van der Waals surface area contributed by atoms with E-state index in [2.05, 4.69) is 21.3 Å². The summed E-state index contributed by atoms with van der Waals surface area (Å²) < 4.78 is 0. The molecule has 6 atom stereocenters. The quantitative estimate of drug-likeness (QED) is 0.0682. The van der Waals surface area contributed by atoms with Crippen molar-refractivity contribution in [1.29, 1.82) is 0 Å². The predicted octanol–water partition coefficient (Wildman–Crippen LogP) is -1.58. The van der Waals surface area contributed by atoms with Crippen LogP contribution in [-0.4, -0.2) is 104 Å². The molecule has 9 N–H and O–H groups in total. The van der Waals surface area contributed by atoms with E-state index in [-0.39, 0.29) is 5.92 Å². The maximum Gasteiger partial charge on any atom is 0.326 e. The van der Waals surface area contributed by atoms with Gasteiger partial charge in [0, 0.05) is 19.8 Å². The van der Waals surface area contributed by atoms with Crippen molar-refractivity contribution in [1.82, 2.24) is 26.6 Å². The number of nitrogens with one attached hydrogen (secondary N) is 5. The number of carboxylic acids is 4. The van der Waals surface area contributed by atoms with Crippen LogP contribution in [-0.2, 0) is 43.2 Å². The molecule has 0 aromatic rings. The average Bonchev–Trinajstić information content (AvgIpc) is 2.92. The molecule has 45 heavy (non-hydrogen) atoms. The Morgan fingerprint density at radius 3 is 1.36 bits per heavy atom. The van der Waals surface area contributed by atoms with Crippen molar-refractivity contribution < 1.29 is 63.6 Å². The monoisotopic (exact) mass is 645 g/mol. The summed E-state index contributed by atoms with van der Waals surface area (Å²) in [6.07, 6.45) is -2.67. The highest BCUT2D eigenvalue weighted by Gasteiger charge is 2.34. The summed E-state index contributed by atoms with van der Waals surface area (Å²) in [5, 5.41) is 48.0. The Morgan fingerprint density at radius 2 is 0.978 bits per heavy atom. The lowest BCUT2D eigenvalue weighted by Gasteiger charge is -2.28. The summed E-state index contributed by atoms with van der Waals surface area (Å²) >= 11 is 0. The Bertz CT molecular complexity index is 1130. The van der Waals surface area contributed by atoms with Gasteiger partial charge in [0.15, 0.2) is 0 Å². The van der Waals surface area contributed by atoms with Crippen LogP contribution in [0.5, 0.6) is 0 Å². The molecular weight excluding hydrogens is 602 g/mol. The van der Waals surface area contributed by atoms with Crippen molar-refractivity contribution in [2.45, 2.75) is 103 Å². The molecule has 0 rings (SSSR count). The van der Waals surface area contributed by atoms with Crippen molar-refractivity contribution in [3.8, 4) is 0 Å². The third kappa shape index (κ3) is 15.5. The van der Waals surface area contributed by atoms with E-state index in [9.17, 15) is 53.4 Å². The maximum atomic E-state index is 13.3. The van der Waals surface area contributed by atoms with Crippen LogP contribution >= 0.6 is 0 Å². The third-order valence-electron chi connectivity index (χ3n) is 6.65. The molecule has 0 aromatic heterocycles. The SMILES string of the molecule is CC[C@H](C)[C@H](NC(C)=O)C(=O)N[C@@H](CCC(=O)O)C(=O)N[C@@H](CCC(=O)O)C(=O)N[C@H](C(=O)N[C@@H](CC(=O)O)C(=O)O)C(C)C. The standard InChI is InChI=1S/C27H43N5O13/c1-6-13(4)22(28-14(5)33)26(43)30-15(7-9-18(34)35)23(40)29-16(8-10-19(36)37)24(41)32-21(12(2)3)25(42)31-17(27(44)45)11-20(38)39/h12-13,15-17,21-22H,6-11H2,1-5H3,(H,28,33)(H,29,40)(H,30,43)(H,31,42)(H,32,41)(H,34,35)(H,36,37)(H,38,39)(H,44,45)/t13-,15-,16-,17-,21-,22-/m0/s1. The molecule has 0 fully saturated rings. The number of rotatable bonds is 21. The van der Waals surface area contributed by atoms with E-state index in [0.717, 1.165) is 0 Å². The van der Waals surface area contributed by atoms with Crippen LogP contribution in [0.2, 0.25) is 0 Å². The van der Waals surface area contributed by atoms with Gasteiger partial charge >= 0.3 is 23.9 Å². The van der Waals surface area contributed by atoms with Gasteiger partial charge in [0.05, 0.1) is 6.42 Å². The highest BCUT2D eigenvalue weighted by molar-refractivity contribution is 5.96. The zero-order valence-electron chi connectivity index (χ0n) is 25.7. The van der Waals surface area contributed by atoms with Crippen LogP contribution in [0, 0.1) is 11.8 Å². The molecule has 0 aliphatic carbocycles. The Kier molecular flexibility index (Phi) is 17.4. The van der Waals surface area contributed by atoms with Crippen LogP contribution < -0.4 is 26.6 Å². The first kappa shape index (κ1) is 40.2. The van der Waals surface area contributed by atoms with Gasteiger partial charge in [0.25, 0.3) is 0 Å². The zero-order chi connectivity index (χ0) is 35.0. The van der Waals surface area contributed by atoms with Crippen LogP contribution in [0.1, 0.15) is 73.1 Å². The van der Waals surface area contributed by atoms with Crippen molar-refractivity contribution >= 4 is 53.4 Å². The molecule has 0 unspecified atom stereocenters. The summed E-state index contributed by atoms with van der Waals surface area (Å²) in [7, 11) is 0. The topological polar surface area (TPSA) is 295 Å². The first-order chi connectivity index (χ1) is 20.8. The van der Waals surface area contributed by atoms with Crippen molar-refractivity contribution in [2.75, 3.05) is 0 Å². The van der Waals surface area contributed by atoms with E-state index in [1.165, 1.54) is 20.8 Å². The molecule has 0 aliphatic rings. The first-order valence-electron chi connectivity index (χ1n) is 14.2. The lowest BCUT2D eigenvalue weighted by Crippen LogP contribution is -2.60. The fraction of sp³-hybridized carbons (Fsp3) is 0.667. The highest BCUT2D eigenvalue weighted by Crippen LogP contribution is 2.11. The van der Waals surface area contributed by atoms with Gasteiger partial charge in [0.2, 0.25) is 29.5 Å². The van der Waals surface area contributed by atoms with Gasteiger partial charge in [-0.25, -0.2) is 4.79 Å². The number of carboxylic acid groups (broad SMARTS) is 4. The zero-order valence-corrected chi connectivity index (χ0v) is 25.7. The average molecular weight is 646 g/mol. The predicted molar refractivity (Wildman–Crippen MR) is 153 cm³/mol. The van der Waals surface area contributed by atoms with Crippen LogP contribution in [0.4, 0.5) is 0 Å². The minimum absolute atomic E-state index is 0.387. The molecule has 0 saturated heterocycles. The number of amides is 5. The summed E-state index contributed by atoms with van der Waals surface area (Å²) in [5.41, 5.74) is 0. The van der Waals surface area contributed by atoms with E-state index >= 15 is 0 Å². The van der Waals surface area contributed by atoms with Gasteiger partial charge in [0.1, 0.15) is 30.2 Å². The van der Waals surface area contributed by atoms with Gasteiger partial charge in [-0.2, -0.15) is 0 Å². The van der Waals surface area contributed by atoms with E-state index < -0.39 is 122 Å². The second-order valence-corrected chi connectivity index (χ2v) is 10.8.